The highest BCUT2D eigenvalue weighted by atomic mass is 79.9. The van der Waals surface area contributed by atoms with E-state index < -0.39 is 10.0 Å². The third-order valence-corrected chi connectivity index (χ3v) is 8.39. The highest BCUT2D eigenvalue weighted by Crippen LogP contribution is 2.31. The molecular weight excluding hydrogens is 472 g/mol. The van der Waals surface area contributed by atoms with E-state index in [-0.39, 0.29) is 16.7 Å². The summed E-state index contributed by atoms with van der Waals surface area (Å²) in [7, 11) is -3.57. The standard InChI is InChI=1S/C21H19BrN2O3S2/c1-14-2-5-17(6-3-14)21(25)24-11-10-16-7-4-15(12-18(16)24)13-23-29(26,27)20-9-8-19(22)28-20/h2-9,12,23H,10-11,13H2,1H3. The van der Waals surface area contributed by atoms with Gasteiger partial charge in [0.2, 0.25) is 10.0 Å². The number of halogens is 1. The summed E-state index contributed by atoms with van der Waals surface area (Å²) in [5.41, 5.74) is 4.52. The van der Waals surface area contributed by atoms with Gasteiger partial charge in [0, 0.05) is 24.3 Å². The Kier molecular flexibility index (Phi) is 5.61. The molecule has 0 saturated heterocycles. The minimum atomic E-state index is -3.57. The van der Waals surface area contributed by atoms with Gasteiger partial charge in [-0.15, -0.1) is 11.3 Å². The maximum Gasteiger partial charge on any atom is 0.258 e. The van der Waals surface area contributed by atoms with Crippen LogP contribution < -0.4 is 9.62 Å². The molecule has 0 fully saturated rings. The summed E-state index contributed by atoms with van der Waals surface area (Å²) in [6, 6.07) is 16.6. The van der Waals surface area contributed by atoms with E-state index in [0.717, 1.165) is 32.6 Å². The van der Waals surface area contributed by atoms with E-state index in [0.29, 0.717) is 12.1 Å². The van der Waals surface area contributed by atoms with Crippen molar-refractivity contribution in [2.45, 2.75) is 24.1 Å². The van der Waals surface area contributed by atoms with Crippen molar-refractivity contribution in [1.82, 2.24) is 4.72 Å². The first-order valence-corrected chi connectivity index (χ1v) is 12.2. The number of hydrogen-bond donors (Lipinski definition) is 1. The van der Waals surface area contributed by atoms with E-state index in [4.69, 9.17) is 0 Å². The number of thiophene rings is 1. The van der Waals surface area contributed by atoms with Crippen LogP contribution in [0.2, 0.25) is 0 Å². The van der Waals surface area contributed by atoms with E-state index in [1.54, 1.807) is 17.0 Å². The van der Waals surface area contributed by atoms with Gasteiger partial charge in [-0.1, -0.05) is 29.8 Å². The Morgan fingerprint density at radius 1 is 1.14 bits per heavy atom. The molecule has 0 aliphatic carbocycles. The number of rotatable bonds is 5. The lowest BCUT2D eigenvalue weighted by Crippen LogP contribution is -2.29. The third-order valence-electron chi connectivity index (χ3n) is 4.87. The summed E-state index contributed by atoms with van der Waals surface area (Å²) in [6.45, 7) is 2.78. The number of anilines is 1. The van der Waals surface area contributed by atoms with Crippen LogP contribution in [0.1, 0.15) is 27.0 Å². The van der Waals surface area contributed by atoms with Crippen molar-refractivity contribution in [1.29, 1.82) is 0 Å². The molecule has 1 aromatic heterocycles. The predicted molar refractivity (Wildman–Crippen MR) is 119 cm³/mol. The SMILES string of the molecule is Cc1ccc(C(=O)N2CCc3ccc(CNS(=O)(=O)c4ccc(Br)s4)cc32)cc1. The molecule has 0 saturated carbocycles. The van der Waals surface area contributed by atoms with Crippen LogP contribution in [0.5, 0.6) is 0 Å². The van der Waals surface area contributed by atoms with Gasteiger partial charge in [-0.3, -0.25) is 4.79 Å². The van der Waals surface area contributed by atoms with E-state index in [2.05, 4.69) is 20.7 Å². The maximum atomic E-state index is 12.9. The number of nitrogens with zero attached hydrogens (tertiary/aromatic N) is 1. The van der Waals surface area contributed by atoms with Crippen LogP contribution in [-0.4, -0.2) is 20.9 Å². The predicted octanol–water partition coefficient (Wildman–Crippen LogP) is 4.50. The number of amides is 1. The number of benzene rings is 2. The van der Waals surface area contributed by atoms with Gasteiger partial charge in [0.1, 0.15) is 4.21 Å². The van der Waals surface area contributed by atoms with Crippen molar-refractivity contribution < 1.29 is 13.2 Å². The lowest BCUT2D eigenvalue weighted by molar-refractivity contribution is 0.0989. The number of hydrogen-bond acceptors (Lipinski definition) is 4. The van der Waals surface area contributed by atoms with Crippen molar-refractivity contribution in [3.8, 4) is 0 Å². The molecule has 8 heteroatoms. The molecule has 150 valence electrons. The first-order chi connectivity index (χ1) is 13.8. The first-order valence-electron chi connectivity index (χ1n) is 9.09. The Morgan fingerprint density at radius 3 is 2.59 bits per heavy atom. The van der Waals surface area contributed by atoms with E-state index >= 15 is 0 Å². The summed E-state index contributed by atoms with van der Waals surface area (Å²) in [5.74, 6) is -0.0371. The summed E-state index contributed by atoms with van der Waals surface area (Å²) < 4.78 is 28.6. The minimum Gasteiger partial charge on any atom is -0.308 e. The van der Waals surface area contributed by atoms with Crippen LogP contribution in [0.25, 0.3) is 0 Å². The molecule has 2 aromatic carbocycles. The molecule has 0 bridgehead atoms. The highest BCUT2D eigenvalue weighted by molar-refractivity contribution is 9.11. The molecule has 2 heterocycles. The number of sulfonamides is 1. The fraction of sp³-hybridized carbons (Fsp3) is 0.190. The fourth-order valence-electron chi connectivity index (χ4n) is 3.29. The first kappa shape index (κ1) is 20.3. The Bertz CT molecular complexity index is 1170. The fourth-order valence-corrected chi connectivity index (χ4v) is 6.36. The van der Waals surface area contributed by atoms with Gasteiger partial charge in [0.15, 0.2) is 0 Å². The number of aryl methyl sites for hydroxylation is 1. The summed E-state index contributed by atoms with van der Waals surface area (Å²) in [6.07, 6.45) is 0.794. The molecule has 0 radical (unpaired) electrons. The van der Waals surface area contributed by atoms with Gasteiger partial charge in [0.05, 0.1) is 3.79 Å². The zero-order chi connectivity index (χ0) is 20.6. The Balaban J connectivity index is 1.53. The third kappa shape index (κ3) is 4.30. The summed E-state index contributed by atoms with van der Waals surface area (Å²) in [5, 5.41) is 0. The summed E-state index contributed by atoms with van der Waals surface area (Å²) >= 11 is 4.45. The summed E-state index contributed by atoms with van der Waals surface area (Å²) in [4.78, 5) is 14.7. The number of nitrogens with one attached hydrogen (secondary N) is 1. The molecule has 5 nitrogen and oxygen atoms in total. The molecule has 4 rings (SSSR count). The van der Waals surface area contributed by atoms with Gasteiger partial charge >= 0.3 is 0 Å². The van der Waals surface area contributed by atoms with Gasteiger partial charge in [-0.25, -0.2) is 13.1 Å². The van der Waals surface area contributed by atoms with Crippen LogP contribution in [0.15, 0.2) is 62.6 Å². The van der Waals surface area contributed by atoms with Gasteiger partial charge in [-0.05, 0) is 70.7 Å². The smallest absolute Gasteiger partial charge is 0.258 e. The normalized spacial score (nSPS) is 13.5. The quantitative estimate of drug-likeness (QED) is 0.572. The van der Waals surface area contributed by atoms with Crippen LogP contribution in [0.3, 0.4) is 0 Å². The zero-order valence-electron chi connectivity index (χ0n) is 15.7. The van der Waals surface area contributed by atoms with Crippen molar-refractivity contribution in [3.63, 3.8) is 0 Å². The van der Waals surface area contributed by atoms with Crippen molar-refractivity contribution in [2.24, 2.45) is 0 Å². The lowest BCUT2D eigenvalue weighted by Gasteiger charge is -2.18. The molecule has 3 aromatic rings. The maximum absolute atomic E-state index is 12.9. The molecule has 1 aliphatic heterocycles. The second-order valence-electron chi connectivity index (χ2n) is 6.92. The number of carbonyl (C=O) groups excluding carboxylic acids is 1. The molecule has 1 N–H and O–H groups in total. The van der Waals surface area contributed by atoms with E-state index in [1.165, 1.54) is 11.3 Å². The van der Waals surface area contributed by atoms with Crippen LogP contribution in [0.4, 0.5) is 5.69 Å². The largest absolute Gasteiger partial charge is 0.308 e. The van der Waals surface area contributed by atoms with Gasteiger partial charge < -0.3 is 4.90 Å². The Hall–Kier alpha value is -2.00. The Labute approximate surface area is 182 Å². The number of carbonyl (C=O) groups is 1. The number of fused-ring (bicyclic) bond motifs is 1. The van der Waals surface area contributed by atoms with E-state index in [1.807, 2.05) is 49.4 Å². The molecule has 0 spiro atoms. The van der Waals surface area contributed by atoms with E-state index in [9.17, 15) is 13.2 Å². The monoisotopic (exact) mass is 490 g/mol. The van der Waals surface area contributed by atoms with Crippen LogP contribution in [-0.2, 0) is 23.0 Å². The molecule has 29 heavy (non-hydrogen) atoms. The van der Waals surface area contributed by atoms with Crippen molar-refractivity contribution >= 4 is 48.9 Å². The van der Waals surface area contributed by atoms with Gasteiger partial charge in [0.25, 0.3) is 5.91 Å². The van der Waals surface area contributed by atoms with Gasteiger partial charge in [-0.2, -0.15) is 0 Å². The topological polar surface area (TPSA) is 66.5 Å². The van der Waals surface area contributed by atoms with Crippen LogP contribution in [0, 0.1) is 6.92 Å². The second-order valence-corrected chi connectivity index (χ2v) is 11.4. The average Bonchev–Trinajstić information content (AvgIpc) is 3.33. The molecule has 1 amide bonds. The minimum absolute atomic E-state index is 0.0371. The lowest BCUT2D eigenvalue weighted by atomic mass is 10.1. The van der Waals surface area contributed by atoms with Crippen LogP contribution >= 0.6 is 27.3 Å². The van der Waals surface area contributed by atoms with Crippen molar-refractivity contribution in [3.05, 3.63) is 80.6 Å². The Morgan fingerprint density at radius 2 is 1.90 bits per heavy atom. The molecule has 0 atom stereocenters. The molecule has 1 aliphatic rings. The van der Waals surface area contributed by atoms with Crippen molar-refractivity contribution in [2.75, 3.05) is 11.4 Å². The average molecular weight is 491 g/mol. The molecular formula is C21H19BrN2O3S2. The zero-order valence-corrected chi connectivity index (χ0v) is 18.9. The second kappa shape index (κ2) is 8.02. The highest BCUT2D eigenvalue weighted by Gasteiger charge is 2.26. The molecule has 0 unspecified atom stereocenters.